The first-order chi connectivity index (χ1) is 13.9. The average Bonchev–Trinajstić information content (AvgIpc) is 2.66. The molecule has 4 nitrogen and oxygen atoms in total. The minimum atomic E-state index is -4.23. The number of hydrogen-bond acceptors (Lipinski definition) is 3. The quantitative estimate of drug-likeness (QED) is 0.189. The van der Waals surface area contributed by atoms with Crippen LogP contribution in [-0.2, 0) is 16.5 Å². The highest BCUT2D eigenvalue weighted by molar-refractivity contribution is 7.85. The highest BCUT2D eigenvalue weighted by Crippen LogP contribution is 2.23. The minimum Gasteiger partial charge on any atom is -0.508 e. The predicted molar refractivity (Wildman–Crippen MR) is 121 cm³/mol. The molecule has 0 unspecified atom stereocenters. The van der Waals surface area contributed by atoms with Crippen LogP contribution in [0.5, 0.6) is 5.75 Å². The Bertz CT molecular complexity index is 640. The fourth-order valence-corrected chi connectivity index (χ4v) is 4.61. The van der Waals surface area contributed by atoms with Gasteiger partial charge in [0.2, 0.25) is 0 Å². The van der Waals surface area contributed by atoms with Crippen molar-refractivity contribution in [2.75, 3.05) is 0 Å². The maximum Gasteiger partial charge on any atom is 0.294 e. The van der Waals surface area contributed by atoms with E-state index in [1.54, 1.807) is 0 Å². The normalized spacial score (nSPS) is 11.8. The summed E-state index contributed by atoms with van der Waals surface area (Å²) in [5.41, 5.74) is 0.498. The number of aryl methyl sites for hydroxylation is 1. The molecule has 0 saturated carbocycles. The van der Waals surface area contributed by atoms with Crippen LogP contribution in [0.3, 0.4) is 0 Å². The Balaban J connectivity index is 1.98. The lowest BCUT2D eigenvalue weighted by atomic mass is 10.0. The molecule has 0 aliphatic rings. The lowest BCUT2D eigenvalue weighted by Crippen LogP contribution is -2.03. The number of phenolic OH excluding ortho intramolecular Hbond substituents is 1. The van der Waals surface area contributed by atoms with Gasteiger partial charge in [-0.15, -0.1) is 0 Å². The van der Waals surface area contributed by atoms with Crippen molar-refractivity contribution < 1.29 is 18.1 Å². The molecule has 2 N–H and O–H groups in total. The summed E-state index contributed by atoms with van der Waals surface area (Å²) in [4.78, 5) is -0.0868. The van der Waals surface area contributed by atoms with Gasteiger partial charge in [-0.05, 0) is 36.6 Å². The van der Waals surface area contributed by atoms with Crippen LogP contribution < -0.4 is 0 Å². The number of benzene rings is 1. The summed E-state index contributed by atoms with van der Waals surface area (Å²) in [6.45, 7) is 2.26. The lowest BCUT2D eigenvalue weighted by Gasteiger charge is -2.08. The summed E-state index contributed by atoms with van der Waals surface area (Å²) < 4.78 is 32.1. The Kier molecular flexibility index (Phi) is 14.1. The van der Waals surface area contributed by atoms with Gasteiger partial charge >= 0.3 is 0 Å². The highest BCUT2D eigenvalue weighted by Gasteiger charge is 2.15. The largest absolute Gasteiger partial charge is 0.508 e. The summed E-state index contributed by atoms with van der Waals surface area (Å²) in [7, 11) is -4.23. The SMILES string of the molecule is CCCCCCCCCCCCCCCCCCc1cc(O)ccc1S(=O)(=O)O. The molecule has 0 atom stereocenters. The second-order valence-corrected chi connectivity index (χ2v) is 9.71. The molecule has 0 amide bonds. The topological polar surface area (TPSA) is 74.6 Å². The van der Waals surface area contributed by atoms with Crippen LogP contribution in [0.2, 0.25) is 0 Å². The minimum absolute atomic E-state index is 0.0314. The van der Waals surface area contributed by atoms with Crippen molar-refractivity contribution in [2.24, 2.45) is 0 Å². The molecule has 0 spiro atoms. The molecule has 0 aliphatic heterocycles. The molecule has 5 heteroatoms. The van der Waals surface area contributed by atoms with Crippen molar-refractivity contribution in [1.82, 2.24) is 0 Å². The molecule has 0 radical (unpaired) electrons. The van der Waals surface area contributed by atoms with Gasteiger partial charge in [0, 0.05) is 0 Å². The van der Waals surface area contributed by atoms with Crippen LogP contribution in [0, 0.1) is 0 Å². The van der Waals surface area contributed by atoms with Crippen LogP contribution in [0.1, 0.15) is 115 Å². The van der Waals surface area contributed by atoms with Crippen molar-refractivity contribution in [1.29, 1.82) is 0 Å². The molecular weight excluding hydrogens is 384 g/mol. The first-order valence-electron chi connectivity index (χ1n) is 11.7. The summed E-state index contributed by atoms with van der Waals surface area (Å²) in [6.07, 6.45) is 21.3. The number of rotatable bonds is 18. The Morgan fingerprint density at radius 2 is 1.10 bits per heavy atom. The van der Waals surface area contributed by atoms with Crippen LogP contribution >= 0.6 is 0 Å². The first kappa shape index (κ1) is 26.0. The molecule has 168 valence electrons. The molecule has 0 fully saturated rings. The third-order valence-corrected chi connectivity index (χ3v) is 6.58. The van der Waals surface area contributed by atoms with Gasteiger partial charge in [0.25, 0.3) is 10.1 Å². The van der Waals surface area contributed by atoms with Gasteiger partial charge in [0.15, 0.2) is 0 Å². The third-order valence-electron chi connectivity index (χ3n) is 5.62. The van der Waals surface area contributed by atoms with Crippen molar-refractivity contribution in [3.63, 3.8) is 0 Å². The van der Waals surface area contributed by atoms with Crippen molar-refractivity contribution >= 4 is 10.1 Å². The monoisotopic (exact) mass is 426 g/mol. The maximum atomic E-state index is 11.4. The third kappa shape index (κ3) is 13.0. The van der Waals surface area contributed by atoms with E-state index >= 15 is 0 Å². The van der Waals surface area contributed by atoms with E-state index in [9.17, 15) is 18.1 Å². The van der Waals surface area contributed by atoms with E-state index in [4.69, 9.17) is 0 Å². The zero-order valence-corrected chi connectivity index (χ0v) is 19.2. The van der Waals surface area contributed by atoms with Crippen LogP contribution in [0.15, 0.2) is 23.1 Å². The van der Waals surface area contributed by atoms with E-state index in [1.807, 2.05) is 0 Å². The van der Waals surface area contributed by atoms with Crippen LogP contribution in [-0.4, -0.2) is 18.1 Å². The molecule has 1 aromatic carbocycles. The number of hydrogen-bond donors (Lipinski definition) is 2. The number of phenols is 1. The summed E-state index contributed by atoms with van der Waals surface area (Å²) in [5.74, 6) is 0.0314. The molecule has 0 heterocycles. The van der Waals surface area contributed by atoms with Crippen molar-refractivity contribution in [3.8, 4) is 5.75 Å². The maximum absolute atomic E-state index is 11.4. The lowest BCUT2D eigenvalue weighted by molar-refractivity contribution is 0.470. The molecule has 0 bridgehead atoms. The van der Waals surface area contributed by atoms with E-state index in [2.05, 4.69) is 6.92 Å². The van der Waals surface area contributed by atoms with Gasteiger partial charge in [0.1, 0.15) is 5.75 Å². The smallest absolute Gasteiger partial charge is 0.294 e. The molecule has 1 aromatic rings. The average molecular weight is 427 g/mol. The van der Waals surface area contributed by atoms with Crippen LogP contribution in [0.25, 0.3) is 0 Å². The Morgan fingerprint density at radius 3 is 1.52 bits per heavy atom. The second kappa shape index (κ2) is 15.7. The van der Waals surface area contributed by atoms with Gasteiger partial charge in [-0.2, -0.15) is 8.42 Å². The van der Waals surface area contributed by atoms with Gasteiger partial charge in [0.05, 0.1) is 4.90 Å². The van der Waals surface area contributed by atoms with E-state index < -0.39 is 10.1 Å². The molecule has 29 heavy (non-hydrogen) atoms. The van der Waals surface area contributed by atoms with E-state index in [1.165, 1.54) is 102 Å². The summed E-state index contributed by atoms with van der Waals surface area (Å²) in [6, 6.07) is 4.00. The molecule has 0 saturated heterocycles. The molecule has 1 rings (SSSR count). The predicted octanol–water partition coefficient (Wildman–Crippen LogP) is 7.44. The van der Waals surface area contributed by atoms with Gasteiger partial charge in [-0.1, -0.05) is 103 Å². The molecule has 0 aromatic heterocycles. The van der Waals surface area contributed by atoms with Crippen molar-refractivity contribution in [2.45, 2.75) is 121 Å². The highest BCUT2D eigenvalue weighted by atomic mass is 32.2. The number of aromatic hydroxyl groups is 1. The van der Waals surface area contributed by atoms with Crippen LogP contribution in [0.4, 0.5) is 0 Å². The van der Waals surface area contributed by atoms with E-state index in [0.717, 1.165) is 19.3 Å². The fourth-order valence-electron chi connectivity index (χ4n) is 3.88. The summed E-state index contributed by atoms with van der Waals surface area (Å²) in [5, 5.41) is 9.56. The second-order valence-electron chi connectivity index (χ2n) is 8.32. The van der Waals surface area contributed by atoms with Gasteiger partial charge in [-0.3, -0.25) is 4.55 Å². The standard InChI is InChI=1S/C24H42O4S/c1-2-3-4-5-6-7-8-9-10-11-12-13-14-15-16-17-18-22-21-23(25)19-20-24(22)29(26,27)28/h19-21,25H,2-18H2,1H3,(H,26,27,28). The van der Waals surface area contributed by atoms with Gasteiger partial charge in [-0.25, -0.2) is 0 Å². The fraction of sp³-hybridized carbons (Fsp3) is 0.750. The van der Waals surface area contributed by atoms with Crippen molar-refractivity contribution in [3.05, 3.63) is 23.8 Å². The Morgan fingerprint density at radius 1 is 0.690 bits per heavy atom. The molecular formula is C24H42O4S. The Labute approximate surface area is 178 Å². The zero-order chi connectivity index (χ0) is 21.4. The summed E-state index contributed by atoms with van der Waals surface area (Å²) >= 11 is 0. The van der Waals surface area contributed by atoms with E-state index in [-0.39, 0.29) is 10.6 Å². The van der Waals surface area contributed by atoms with Gasteiger partial charge < -0.3 is 5.11 Å². The number of unbranched alkanes of at least 4 members (excludes halogenated alkanes) is 15. The zero-order valence-electron chi connectivity index (χ0n) is 18.4. The molecule has 0 aliphatic carbocycles. The Hall–Kier alpha value is -1.07. The first-order valence-corrected chi connectivity index (χ1v) is 13.2. The van der Waals surface area contributed by atoms with E-state index in [0.29, 0.717) is 12.0 Å².